The Morgan fingerprint density at radius 3 is 2.48 bits per heavy atom. The third-order valence-corrected chi connectivity index (χ3v) is 6.16. The maximum Gasteiger partial charge on any atom is 0.254 e. The minimum Gasteiger partial charge on any atom is -0.496 e. The van der Waals surface area contributed by atoms with E-state index in [0.29, 0.717) is 17.7 Å². The fourth-order valence-electron chi connectivity index (χ4n) is 3.07. The number of sulfone groups is 1. The Hall–Kier alpha value is -2.08. The molecule has 2 aromatic carbocycles. The van der Waals surface area contributed by atoms with E-state index in [1.807, 2.05) is 24.3 Å². The van der Waals surface area contributed by atoms with Gasteiger partial charge in [0.05, 0.1) is 18.6 Å². The smallest absolute Gasteiger partial charge is 0.254 e. The first-order valence-corrected chi connectivity index (χ1v) is 9.28. The van der Waals surface area contributed by atoms with Gasteiger partial charge in [0.2, 0.25) is 0 Å². The standard InChI is InChI=1S/C17H19NO4S/c1-18(12-9-10-23(20,21)11-12)17(19)15-7-8-16(22-2)14-6-4-3-5-13(14)15/h3-8,12H,9-11H2,1-2H3. The van der Waals surface area contributed by atoms with Crippen LogP contribution in [0.4, 0.5) is 0 Å². The summed E-state index contributed by atoms with van der Waals surface area (Å²) in [7, 11) is 0.246. The normalized spacial score (nSPS) is 19.7. The molecule has 23 heavy (non-hydrogen) atoms. The van der Waals surface area contributed by atoms with E-state index in [0.717, 1.165) is 10.8 Å². The fraction of sp³-hybridized carbons (Fsp3) is 0.353. The molecule has 3 rings (SSSR count). The van der Waals surface area contributed by atoms with Gasteiger partial charge in [0.25, 0.3) is 5.91 Å². The maximum atomic E-state index is 12.8. The van der Waals surface area contributed by atoms with Crippen molar-refractivity contribution in [3.63, 3.8) is 0 Å². The molecule has 0 aromatic heterocycles. The molecule has 1 heterocycles. The zero-order valence-corrected chi connectivity index (χ0v) is 14.0. The Labute approximate surface area is 135 Å². The summed E-state index contributed by atoms with van der Waals surface area (Å²) in [6, 6.07) is 10.8. The summed E-state index contributed by atoms with van der Waals surface area (Å²) < 4.78 is 28.6. The molecular weight excluding hydrogens is 314 g/mol. The van der Waals surface area contributed by atoms with Gasteiger partial charge in [-0.3, -0.25) is 4.79 Å². The number of carbonyl (C=O) groups excluding carboxylic acids is 1. The summed E-state index contributed by atoms with van der Waals surface area (Å²) in [6.45, 7) is 0. The summed E-state index contributed by atoms with van der Waals surface area (Å²) >= 11 is 0. The van der Waals surface area contributed by atoms with Gasteiger partial charge < -0.3 is 9.64 Å². The lowest BCUT2D eigenvalue weighted by molar-refractivity contribution is 0.0749. The number of benzene rings is 2. The van der Waals surface area contributed by atoms with Crippen molar-refractivity contribution in [1.82, 2.24) is 4.90 Å². The van der Waals surface area contributed by atoms with Gasteiger partial charge >= 0.3 is 0 Å². The zero-order chi connectivity index (χ0) is 16.6. The van der Waals surface area contributed by atoms with Crippen LogP contribution < -0.4 is 4.74 Å². The van der Waals surface area contributed by atoms with Crippen molar-refractivity contribution >= 4 is 26.5 Å². The lowest BCUT2D eigenvalue weighted by Crippen LogP contribution is -2.37. The summed E-state index contributed by atoms with van der Waals surface area (Å²) in [6.07, 6.45) is 0.499. The van der Waals surface area contributed by atoms with Crippen LogP contribution in [0.2, 0.25) is 0 Å². The number of carbonyl (C=O) groups is 1. The van der Waals surface area contributed by atoms with Crippen LogP contribution in [0.15, 0.2) is 36.4 Å². The largest absolute Gasteiger partial charge is 0.496 e. The lowest BCUT2D eigenvalue weighted by atomic mass is 10.0. The number of fused-ring (bicyclic) bond motifs is 1. The average Bonchev–Trinajstić information content (AvgIpc) is 2.92. The predicted molar refractivity (Wildman–Crippen MR) is 89.7 cm³/mol. The molecule has 1 aliphatic rings. The molecular formula is C17H19NO4S. The molecule has 0 aliphatic carbocycles. The topological polar surface area (TPSA) is 63.7 Å². The summed E-state index contributed by atoms with van der Waals surface area (Å²) in [5.74, 6) is 0.747. The van der Waals surface area contributed by atoms with E-state index in [-0.39, 0.29) is 23.5 Å². The second kappa shape index (κ2) is 5.85. The molecule has 0 radical (unpaired) electrons. The number of nitrogens with zero attached hydrogens (tertiary/aromatic N) is 1. The van der Waals surface area contributed by atoms with Crippen LogP contribution in [-0.2, 0) is 9.84 Å². The molecule has 1 saturated heterocycles. The van der Waals surface area contributed by atoms with Gasteiger partial charge in [0.1, 0.15) is 5.75 Å². The van der Waals surface area contributed by atoms with Crippen molar-refractivity contribution in [2.75, 3.05) is 25.7 Å². The van der Waals surface area contributed by atoms with Crippen molar-refractivity contribution in [3.8, 4) is 5.75 Å². The molecule has 1 atom stereocenters. The first kappa shape index (κ1) is 15.8. The Morgan fingerprint density at radius 2 is 1.87 bits per heavy atom. The van der Waals surface area contributed by atoms with E-state index in [2.05, 4.69) is 0 Å². The second-order valence-electron chi connectivity index (χ2n) is 5.83. The van der Waals surface area contributed by atoms with E-state index in [1.54, 1.807) is 31.2 Å². The van der Waals surface area contributed by atoms with E-state index >= 15 is 0 Å². The van der Waals surface area contributed by atoms with Crippen molar-refractivity contribution in [2.24, 2.45) is 0 Å². The van der Waals surface area contributed by atoms with Crippen LogP contribution in [0.3, 0.4) is 0 Å². The number of methoxy groups -OCH3 is 1. The first-order chi connectivity index (χ1) is 10.9. The molecule has 1 unspecified atom stereocenters. The van der Waals surface area contributed by atoms with Crippen LogP contribution >= 0.6 is 0 Å². The van der Waals surface area contributed by atoms with Crippen LogP contribution in [-0.4, -0.2) is 50.9 Å². The highest BCUT2D eigenvalue weighted by Crippen LogP contribution is 2.29. The van der Waals surface area contributed by atoms with Crippen LogP contribution in [0.1, 0.15) is 16.8 Å². The molecule has 0 N–H and O–H groups in total. The molecule has 1 amide bonds. The monoisotopic (exact) mass is 333 g/mol. The molecule has 1 fully saturated rings. The van der Waals surface area contributed by atoms with Crippen LogP contribution in [0.5, 0.6) is 5.75 Å². The number of amides is 1. The predicted octanol–water partition coefficient (Wildman–Crippen LogP) is 2.11. The minimum absolute atomic E-state index is 0.0450. The summed E-state index contributed by atoms with van der Waals surface area (Å²) in [5, 5.41) is 1.68. The zero-order valence-electron chi connectivity index (χ0n) is 13.2. The third-order valence-electron chi connectivity index (χ3n) is 4.41. The summed E-state index contributed by atoms with van der Waals surface area (Å²) in [4.78, 5) is 14.4. The Bertz CT molecular complexity index is 860. The maximum absolute atomic E-state index is 12.8. The van der Waals surface area contributed by atoms with Gasteiger partial charge in [0, 0.05) is 24.0 Å². The molecule has 0 bridgehead atoms. The van der Waals surface area contributed by atoms with E-state index < -0.39 is 9.84 Å². The Morgan fingerprint density at radius 1 is 1.17 bits per heavy atom. The number of hydrogen-bond acceptors (Lipinski definition) is 4. The SMILES string of the molecule is COc1ccc(C(=O)N(C)C2CCS(=O)(=O)C2)c2ccccc12. The van der Waals surface area contributed by atoms with Gasteiger partial charge in [-0.1, -0.05) is 24.3 Å². The fourth-order valence-corrected chi connectivity index (χ4v) is 4.85. The molecule has 0 spiro atoms. The third kappa shape index (κ3) is 2.91. The Kier molecular flexibility index (Phi) is 4.02. The number of hydrogen-bond donors (Lipinski definition) is 0. The van der Waals surface area contributed by atoms with Gasteiger partial charge in [-0.15, -0.1) is 0 Å². The number of ether oxygens (including phenoxy) is 1. The average molecular weight is 333 g/mol. The van der Waals surface area contributed by atoms with Gasteiger partial charge in [-0.05, 0) is 23.9 Å². The first-order valence-electron chi connectivity index (χ1n) is 7.46. The molecule has 2 aromatic rings. The minimum atomic E-state index is -3.02. The highest BCUT2D eigenvalue weighted by molar-refractivity contribution is 7.91. The molecule has 6 heteroatoms. The van der Waals surface area contributed by atoms with Crippen molar-refractivity contribution < 1.29 is 17.9 Å². The number of rotatable bonds is 3. The van der Waals surface area contributed by atoms with E-state index in [1.165, 1.54) is 0 Å². The van der Waals surface area contributed by atoms with Crippen LogP contribution in [0.25, 0.3) is 10.8 Å². The van der Waals surface area contributed by atoms with E-state index in [4.69, 9.17) is 4.74 Å². The molecule has 122 valence electrons. The van der Waals surface area contributed by atoms with Crippen molar-refractivity contribution in [3.05, 3.63) is 42.0 Å². The van der Waals surface area contributed by atoms with E-state index in [9.17, 15) is 13.2 Å². The molecule has 5 nitrogen and oxygen atoms in total. The van der Waals surface area contributed by atoms with Gasteiger partial charge in [0.15, 0.2) is 9.84 Å². The highest BCUT2D eigenvalue weighted by Gasteiger charge is 2.33. The lowest BCUT2D eigenvalue weighted by Gasteiger charge is -2.24. The second-order valence-corrected chi connectivity index (χ2v) is 8.06. The molecule has 1 aliphatic heterocycles. The molecule has 0 saturated carbocycles. The van der Waals surface area contributed by atoms with Crippen molar-refractivity contribution in [2.45, 2.75) is 12.5 Å². The quantitative estimate of drug-likeness (QED) is 0.863. The van der Waals surface area contributed by atoms with Gasteiger partial charge in [-0.2, -0.15) is 0 Å². The van der Waals surface area contributed by atoms with Gasteiger partial charge in [-0.25, -0.2) is 8.42 Å². The van der Waals surface area contributed by atoms with Crippen molar-refractivity contribution in [1.29, 1.82) is 0 Å². The highest BCUT2D eigenvalue weighted by atomic mass is 32.2. The summed E-state index contributed by atoms with van der Waals surface area (Å²) in [5.41, 5.74) is 0.563. The Balaban J connectivity index is 1.98. The van der Waals surface area contributed by atoms with Crippen LogP contribution in [0, 0.1) is 0 Å².